The lowest BCUT2D eigenvalue weighted by atomic mass is 10.1. The van der Waals surface area contributed by atoms with Gasteiger partial charge in [0.05, 0.1) is 10.9 Å². The Morgan fingerprint density at radius 3 is 2.97 bits per heavy atom. The number of nitrogens with one attached hydrogen (secondary N) is 2. The number of thiazole rings is 1. The molecule has 0 unspecified atom stereocenters. The fraction of sp³-hybridized carbons (Fsp3) is 0.130. The van der Waals surface area contributed by atoms with E-state index in [1.54, 1.807) is 30.5 Å². The maximum Gasteiger partial charge on any atom is 0.262 e. The van der Waals surface area contributed by atoms with Crippen molar-refractivity contribution < 1.29 is 4.79 Å². The molecule has 0 fully saturated rings. The monoisotopic (exact) mass is 482 g/mol. The maximum absolute atomic E-state index is 12.8. The molecule has 4 aromatic rings. The Kier molecular flexibility index (Phi) is 6.36. The summed E-state index contributed by atoms with van der Waals surface area (Å²) in [6.45, 7) is 5.92. The molecule has 0 saturated carbocycles. The molecule has 4 rings (SSSR count). The average molecular weight is 483 g/mol. The minimum Gasteiger partial charge on any atom is -0.332 e. The smallest absolute Gasteiger partial charge is 0.262 e. The molecular weight excluding hydrogens is 464 g/mol. The number of nitrogens with zero attached hydrogens (tertiary/aromatic N) is 2. The number of fused-ring (bicyclic) bond motifs is 1. The van der Waals surface area contributed by atoms with Gasteiger partial charge in [0.1, 0.15) is 0 Å². The Morgan fingerprint density at radius 1 is 1.38 bits per heavy atom. The van der Waals surface area contributed by atoms with Crippen molar-refractivity contribution in [2.75, 3.05) is 5.32 Å². The fourth-order valence-corrected chi connectivity index (χ4v) is 4.63. The van der Waals surface area contributed by atoms with Gasteiger partial charge in [0, 0.05) is 34.6 Å². The first-order valence-electron chi connectivity index (χ1n) is 9.75. The van der Waals surface area contributed by atoms with Crippen LogP contribution in [0.15, 0.2) is 60.0 Å². The maximum atomic E-state index is 12.8. The molecular formula is C23H19ClN4O2S2. The molecule has 2 heterocycles. The Bertz CT molecular complexity index is 1470. The Morgan fingerprint density at radius 2 is 2.19 bits per heavy atom. The molecule has 2 aromatic carbocycles. The molecule has 0 atom stereocenters. The van der Waals surface area contributed by atoms with E-state index in [2.05, 4.69) is 21.9 Å². The third-order valence-electron chi connectivity index (χ3n) is 4.97. The second-order valence-electron chi connectivity index (χ2n) is 7.21. The van der Waals surface area contributed by atoms with Gasteiger partial charge in [-0.05, 0) is 48.5 Å². The Balaban J connectivity index is 1.55. The number of aromatic nitrogens is 3. The second-order valence-corrected chi connectivity index (χ2v) is 9.09. The summed E-state index contributed by atoms with van der Waals surface area (Å²) in [5, 5.41) is 4.49. The van der Waals surface area contributed by atoms with Crippen molar-refractivity contribution in [3.05, 3.63) is 97.0 Å². The number of carbonyl (C=O) groups excluding carboxylic acids is 1. The van der Waals surface area contributed by atoms with Crippen molar-refractivity contribution in [1.82, 2.24) is 14.5 Å². The molecule has 32 heavy (non-hydrogen) atoms. The minimum absolute atomic E-state index is 0.227. The first-order valence-corrected chi connectivity index (χ1v) is 11.4. The topological polar surface area (TPSA) is 79.8 Å². The number of carbonyl (C=O) groups is 1. The summed E-state index contributed by atoms with van der Waals surface area (Å²) in [4.78, 5) is 33.7. The number of aromatic amines is 1. The number of halogens is 1. The highest BCUT2D eigenvalue weighted by Crippen LogP contribution is 2.27. The molecule has 9 heteroatoms. The number of anilines is 1. The SMILES string of the molecule is C=CCn1c(=S)[nH]c2cc(C(=O)Nc3ncc(Cc4cccc(C)c4Cl)s3)ccc2c1=O. The molecule has 1 amide bonds. The summed E-state index contributed by atoms with van der Waals surface area (Å²) < 4.78 is 1.70. The van der Waals surface area contributed by atoms with Crippen LogP contribution < -0.4 is 10.9 Å². The number of benzene rings is 2. The van der Waals surface area contributed by atoms with Crippen LogP contribution >= 0.6 is 35.2 Å². The van der Waals surface area contributed by atoms with Crippen LogP contribution in [-0.2, 0) is 13.0 Å². The predicted octanol–water partition coefficient (Wildman–Crippen LogP) is 5.51. The van der Waals surface area contributed by atoms with E-state index in [1.807, 2.05) is 25.1 Å². The van der Waals surface area contributed by atoms with Gasteiger partial charge in [0.2, 0.25) is 0 Å². The summed E-state index contributed by atoms with van der Waals surface area (Å²) in [5.74, 6) is -0.323. The van der Waals surface area contributed by atoms with E-state index in [4.69, 9.17) is 23.8 Å². The Hall–Kier alpha value is -3.07. The average Bonchev–Trinajstić information content (AvgIpc) is 3.20. The molecule has 0 aliphatic heterocycles. The van der Waals surface area contributed by atoms with E-state index < -0.39 is 0 Å². The summed E-state index contributed by atoms with van der Waals surface area (Å²) >= 11 is 13.0. The van der Waals surface area contributed by atoms with Gasteiger partial charge in [0.25, 0.3) is 11.5 Å². The zero-order valence-corrected chi connectivity index (χ0v) is 19.5. The zero-order valence-electron chi connectivity index (χ0n) is 17.1. The van der Waals surface area contributed by atoms with Crippen molar-refractivity contribution in [2.24, 2.45) is 0 Å². The van der Waals surface area contributed by atoms with Crippen LogP contribution in [-0.4, -0.2) is 20.4 Å². The second kappa shape index (κ2) is 9.20. The summed E-state index contributed by atoms with van der Waals surface area (Å²) in [6.07, 6.45) is 3.98. The number of hydrogen-bond donors (Lipinski definition) is 2. The van der Waals surface area contributed by atoms with Crippen LogP contribution in [0.25, 0.3) is 10.9 Å². The van der Waals surface area contributed by atoms with E-state index in [-0.39, 0.29) is 16.2 Å². The highest BCUT2D eigenvalue weighted by Gasteiger charge is 2.13. The summed E-state index contributed by atoms with van der Waals surface area (Å²) in [6, 6.07) is 10.8. The molecule has 2 N–H and O–H groups in total. The molecule has 0 aliphatic carbocycles. The molecule has 6 nitrogen and oxygen atoms in total. The van der Waals surface area contributed by atoms with Crippen LogP contribution in [0.2, 0.25) is 5.02 Å². The van der Waals surface area contributed by atoms with E-state index in [0.29, 0.717) is 34.6 Å². The first kappa shape index (κ1) is 22.1. The number of amides is 1. The molecule has 0 bridgehead atoms. The van der Waals surface area contributed by atoms with Gasteiger partial charge < -0.3 is 4.98 Å². The molecule has 162 valence electrons. The van der Waals surface area contributed by atoms with Gasteiger partial charge in [-0.25, -0.2) is 4.98 Å². The van der Waals surface area contributed by atoms with E-state index >= 15 is 0 Å². The Labute approximate surface area is 198 Å². The van der Waals surface area contributed by atoms with Gasteiger partial charge >= 0.3 is 0 Å². The van der Waals surface area contributed by atoms with Crippen LogP contribution in [0.1, 0.15) is 26.4 Å². The number of H-pyrrole nitrogens is 1. The van der Waals surface area contributed by atoms with Crippen molar-refractivity contribution in [1.29, 1.82) is 0 Å². The van der Waals surface area contributed by atoms with Crippen LogP contribution in [0.4, 0.5) is 5.13 Å². The zero-order chi connectivity index (χ0) is 22.8. The van der Waals surface area contributed by atoms with Gasteiger partial charge in [-0.1, -0.05) is 35.9 Å². The predicted molar refractivity (Wildman–Crippen MR) is 133 cm³/mol. The van der Waals surface area contributed by atoms with Crippen molar-refractivity contribution in [2.45, 2.75) is 19.9 Å². The molecule has 0 spiro atoms. The lowest BCUT2D eigenvalue weighted by molar-refractivity contribution is 0.102. The van der Waals surface area contributed by atoms with Crippen molar-refractivity contribution in [3.63, 3.8) is 0 Å². The fourth-order valence-electron chi connectivity index (χ4n) is 3.34. The van der Waals surface area contributed by atoms with Gasteiger partial charge in [0.15, 0.2) is 9.90 Å². The third kappa shape index (κ3) is 4.43. The van der Waals surface area contributed by atoms with Gasteiger partial charge in [-0.3, -0.25) is 19.5 Å². The quantitative estimate of drug-likeness (QED) is 0.280. The van der Waals surface area contributed by atoms with Crippen LogP contribution in [0, 0.1) is 11.7 Å². The van der Waals surface area contributed by atoms with Crippen LogP contribution in [0.5, 0.6) is 0 Å². The van der Waals surface area contributed by atoms with Gasteiger partial charge in [-0.15, -0.1) is 17.9 Å². The molecule has 2 aromatic heterocycles. The van der Waals surface area contributed by atoms with E-state index in [0.717, 1.165) is 21.0 Å². The highest BCUT2D eigenvalue weighted by molar-refractivity contribution is 7.71. The summed E-state index contributed by atoms with van der Waals surface area (Å²) in [5.41, 5.74) is 2.70. The van der Waals surface area contributed by atoms with Gasteiger partial charge in [-0.2, -0.15) is 0 Å². The standard InChI is InChI=1S/C23H19ClN4O2S2/c1-3-9-28-21(30)17-8-7-15(11-18(17)26-23(28)31)20(29)27-22-25-12-16(32-22)10-14-6-4-5-13(2)19(14)24/h3-8,11-12H,1,9-10H2,2H3,(H,26,31)(H,25,27,29). The first-order chi connectivity index (χ1) is 15.4. The minimum atomic E-state index is -0.323. The van der Waals surface area contributed by atoms with Crippen molar-refractivity contribution in [3.8, 4) is 0 Å². The normalized spacial score (nSPS) is 10.9. The third-order valence-corrected chi connectivity index (χ3v) is 6.74. The number of rotatable bonds is 6. The lowest BCUT2D eigenvalue weighted by Gasteiger charge is -2.07. The summed E-state index contributed by atoms with van der Waals surface area (Å²) in [7, 11) is 0. The van der Waals surface area contributed by atoms with Crippen molar-refractivity contribution >= 4 is 57.1 Å². The van der Waals surface area contributed by atoms with E-state index in [9.17, 15) is 9.59 Å². The lowest BCUT2D eigenvalue weighted by Crippen LogP contribution is -2.22. The number of hydrogen-bond acceptors (Lipinski definition) is 5. The van der Waals surface area contributed by atoms with E-state index in [1.165, 1.54) is 15.9 Å². The largest absolute Gasteiger partial charge is 0.332 e. The van der Waals surface area contributed by atoms with Crippen LogP contribution in [0.3, 0.4) is 0 Å². The molecule has 0 saturated heterocycles. The highest BCUT2D eigenvalue weighted by atomic mass is 35.5. The number of aryl methyl sites for hydroxylation is 1. The molecule has 0 aliphatic rings. The molecule has 0 radical (unpaired) electrons. The number of allylic oxidation sites excluding steroid dienone is 1.